The number of esters is 1. The summed E-state index contributed by atoms with van der Waals surface area (Å²) in [7, 11) is 0. The van der Waals surface area contributed by atoms with Crippen molar-refractivity contribution in [2.75, 3.05) is 6.61 Å². The number of hydrogen-bond acceptors (Lipinski definition) is 4. The summed E-state index contributed by atoms with van der Waals surface area (Å²) in [5.74, 6) is -39.4. The van der Waals surface area contributed by atoms with E-state index in [0.717, 1.165) is 0 Å². The minimum Gasteiger partial charge on any atom is -0.443 e. The van der Waals surface area contributed by atoms with Gasteiger partial charge in [0.25, 0.3) is 5.60 Å². The Morgan fingerprint density at radius 2 is 1.53 bits per heavy atom. The molecular weight excluding hydrogens is 515 g/mol. The van der Waals surface area contributed by atoms with Gasteiger partial charge in [-0.3, -0.25) is 4.79 Å². The Hall–Kier alpha value is -1.52. The van der Waals surface area contributed by atoms with Gasteiger partial charge in [0.2, 0.25) is 0 Å². The number of halogens is 13. The summed E-state index contributed by atoms with van der Waals surface area (Å²) in [6.07, 6.45) is -11.6. The zero-order valence-corrected chi connectivity index (χ0v) is 16.4. The van der Waals surface area contributed by atoms with Crippen LogP contribution in [0.2, 0.25) is 0 Å². The molecule has 0 aromatic carbocycles. The Balaban J connectivity index is 2.16. The molecule has 5 unspecified atom stereocenters. The van der Waals surface area contributed by atoms with Crippen LogP contribution in [0.25, 0.3) is 0 Å². The monoisotopic (exact) mass is 530 g/mol. The van der Waals surface area contributed by atoms with Crippen LogP contribution in [-0.4, -0.2) is 65.4 Å². The van der Waals surface area contributed by atoms with Gasteiger partial charge in [-0.05, 0) is 31.1 Å². The molecule has 2 aliphatic carbocycles. The molecule has 1 N–H and O–H groups in total. The van der Waals surface area contributed by atoms with Gasteiger partial charge in [0, 0.05) is 0 Å². The summed E-state index contributed by atoms with van der Waals surface area (Å²) in [4.78, 5) is 12.4. The van der Waals surface area contributed by atoms with Gasteiger partial charge in [0.05, 0.1) is 5.92 Å². The summed E-state index contributed by atoms with van der Waals surface area (Å²) in [5.41, 5.74) is -5.94. The maximum absolute atomic E-state index is 14.8. The average Bonchev–Trinajstić information content (AvgIpc) is 3.36. The Morgan fingerprint density at radius 1 is 0.971 bits per heavy atom. The van der Waals surface area contributed by atoms with Crippen LogP contribution in [0.1, 0.15) is 25.7 Å². The van der Waals surface area contributed by atoms with Gasteiger partial charge in [-0.15, -0.1) is 0 Å². The molecule has 2 saturated carbocycles. The lowest BCUT2D eigenvalue weighted by molar-refractivity contribution is -0.433. The standard InChI is InChI=1S/C17H15F13O4/c18-10(19)12(20,21)15(26,27)13(22,23)11(5-33-16(32,14(11,24)25)17(28,29)30)34-9(31)8-4-6-1-2-7(8)3-6/h6-8,10,32H,1-5H2. The molecule has 3 rings (SSSR count). The van der Waals surface area contributed by atoms with Crippen LogP contribution < -0.4 is 0 Å². The van der Waals surface area contributed by atoms with E-state index in [1.54, 1.807) is 0 Å². The third kappa shape index (κ3) is 3.17. The van der Waals surface area contributed by atoms with Crippen molar-refractivity contribution in [3.63, 3.8) is 0 Å². The zero-order chi connectivity index (χ0) is 26.3. The number of carbonyl (C=O) groups is 1. The van der Waals surface area contributed by atoms with Crippen molar-refractivity contribution in [3.8, 4) is 0 Å². The Morgan fingerprint density at radius 3 is 1.91 bits per heavy atom. The number of carbonyl (C=O) groups excluding carboxylic acids is 1. The van der Waals surface area contributed by atoms with E-state index in [2.05, 4.69) is 9.47 Å². The highest BCUT2D eigenvalue weighted by atomic mass is 19.4. The fraction of sp³-hybridized carbons (Fsp3) is 0.941. The largest absolute Gasteiger partial charge is 0.449 e. The van der Waals surface area contributed by atoms with Crippen molar-refractivity contribution in [1.29, 1.82) is 0 Å². The normalized spacial score (nSPS) is 36.4. The number of hydrogen-bond donors (Lipinski definition) is 1. The van der Waals surface area contributed by atoms with Crippen molar-refractivity contribution < 1.29 is 76.5 Å². The van der Waals surface area contributed by atoms with Crippen LogP contribution >= 0.6 is 0 Å². The average molecular weight is 530 g/mol. The van der Waals surface area contributed by atoms with E-state index < -0.39 is 72.1 Å². The predicted octanol–water partition coefficient (Wildman–Crippen LogP) is 4.79. The molecule has 0 aromatic rings. The predicted molar refractivity (Wildman–Crippen MR) is 80.5 cm³/mol. The molecule has 1 heterocycles. The van der Waals surface area contributed by atoms with E-state index in [0.29, 0.717) is 6.42 Å². The second-order valence-corrected chi connectivity index (χ2v) is 8.61. The van der Waals surface area contributed by atoms with Crippen LogP contribution in [0.15, 0.2) is 0 Å². The highest BCUT2D eigenvalue weighted by molar-refractivity contribution is 5.74. The molecule has 17 heteroatoms. The Bertz CT molecular complexity index is 829. The SMILES string of the molecule is O=C(OC1(C(F)(F)C(F)(F)C(F)(F)C(F)F)COC(O)(C(F)(F)F)C1(F)F)C1CC2CCC1C2. The van der Waals surface area contributed by atoms with Gasteiger partial charge < -0.3 is 14.6 Å². The summed E-state index contributed by atoms with van der Waals surface area (Å²) < 4.78 is 186. The quantitative estimate of drug-likeness (QED) is 0.397. The second kappa shape index (κ2) is 7.49. The molecule has 3 aliphatic rings. The number of alkyl halides is 13. The van der Waals surface area contributed by atoms with Crippen LogP contribution in [0.3, 0.4) is 0 Å². The molecule has 0 radical (unpaired) electrons. The third-order valence-corrected chi connectivity index (χ3v) is 6.71. The van der Waals surface area contributed by atoms with Crippen LogP contribution in [0, 0.1) is 17.8 Å². The molecule has 1 saturated heterocycles. The van der Waals surface area contributed by atoms with Crippen molar-refractivity contribution in [1.82, 2.24) is 0 Å². The van der Waals surface area contributed by atoms with Gasteiger partial charge in [0.15, 0.2) is 0 Å². The Labute approximate surface area is 181 Å². The molecule has 3 fully saturated rings. The highest BCUT2D eigenvalue weighted by Gasteiger charge is 2.95. The zero-order valence-electron chi connectivity index (χ0n) is 16.4. The number of aliphatic hydroxyl groups is 1. The summed E-state index contributed by atoms with van der Waals surface area (Å²) in [6.45, 7) is -3.08. The highest BCUT2D eigenvalue weighted by Crippen LogP contribution is 2.64. The van der Waals surface area contributed by atoms with Crippen LogP contribution in [-0.2, 0) is 14.3 Å². The number of ether oxygens (including phenoxy) is 2. The number of fused-ring (bicyclic) bond motifs is 2. The first-order chi connectivity index (χ1) is 15.1. The summed E-state index contributed by atoms with van der Waals surface area (Å²) >= 11 is 0. The molecule has 0 amide bonds. The lowest BCUT2D eigenvalue weighted by Crippen LogP contribution is -2.76. The van der Waals surface area contributed by atoms with Crippen LogP contribution in [0.5, 0.6) is 0 Å². The van der Waals surface area contributed by atoms with Gasteiger partial charge >= 0.3 is 48.0 Å². The molecule has 0 aromatic heterocycles. The molecule has 5 atom stereocenters. The maximum atomic E-state index is 14.8. The van der Waals surface area contributed by atoms with Crippen molar-refractivity contribution >= 4 is 5.97 Å². The topological polar surface area (TPSA) is 55.8 Å². The van der Waals surface area contributed by atoms with Gasteiger partial charge in [-0.1, -0.05) is 6.42 Å². The first-order valence-electron chi connectivity index (χ1n) is 9.56. The molecule has 0 spiro atoms. The van der Waals surface area contributed by atoms with E-state index in [-0.39, 0.29) is 25.2 Å². The summed E-state index contributed by atoms with van der Waals surface area (Å²) in [6, 6.07) is 0. The van der Waals surface area contributed by atoms with E-state index >= 15 is 0 Å². The van der Waals surface area contributed by atoms with E-state index in [9.17, 15) is 67.0 Å². The number of rotatable bonds is 6. The smallest absolute Gasteiger partial charge is 0.443 e. The molecule has 2 bridgehead atoms. The first kappa shape index (κ1) is 27.1. The second-order valence-electron chi connectivity index (χ2n) is 8.61. The van der Waals surface area contributed by atoms with E-state index in [1.807, 2.05) is 0 Å². The molecule has 4 nitrogen and oxygen atoms in total. The molecule has 34 heavy (non-hydrogen) atoms. The van der Waals surface area contributed by atoms with Crippen LogP contribution in [0.4, 0.5) is 57.1 Å². The fourth-order valence-corrected chi connectivity index (χ4v) is 4.75. The lowest BCUT2D eigenvalue weighted by atomic mass is 9.80. The maximum Gasteiger partial charge on any atom is 0.449 e. The minimum atomic E-state index is -7.51. The Kier molecular flexibility index (Phi) is 5.97. The minimum absolute atomic E-state index is 0.215. The third-order valence-electron chi connectivity index (χ3n) is 6.71. The van der Waals surface area contributed by atoms with E-state index in [4.69, 9.17) is 0 Å². The first-order valence-corrected chi connectivity index (χ1v) is 9.56. The van der Waals surface area contributed by atoms with E-state index in [1.165, 1.54) is 0 Å². The molecular formula is C17H15F13O4. The van der Waals surface area contributed by atoms with Gasteiger partial charge in [-0.25, -0.2) is 8.78 Å². The molecule has 198 valence electrons. The van der Waals surface area contributed by atoms with Crippen molar-refractivity contribution in [3.05, 3.63) is 0 Å². The summed E-state index contributed by atoms with van der Waals surface area (Å²) in [5, 5.41) is 9.31. The van der Waals surface area contributed by atoms with Gasteiger partial charge in [0.1, 0.15) is 6.61 Å². The lowest BCUT2D eigenvalue weighted by Gasteiger charge is -2.45. The van der Waals surface area contributed by atoms with Crippen molar-refractivity contribution in [2.45, 2.75) is 73.4 Å². The fourth-order valence-electron chi connectivity index (χ4n) is 4.75. The van der Waals surface area contributed by atoms with Crippen molar-refractivity contribution in [2.24, 2.45) is 17.8 Å². The van der Waals surface area contributed by atoms with Gasteiger partial charge in [-0.2, -0.15) is 48.3 Å². The molecule has 1 aliphatic heterocycles.